The van der Waals surface area contributed by atoms with Gasteiger partial charge in [0.2, 0.25) is 5.75 Å². The average molecular weight is 321 g/mol. The minimum Gasteiger partial charge on any atom is -0.493 e. The molecule has 2 N–H and O–H groups in total. The van der Waals surface area contributed by atoms with Crippen LogP contribution >= 0.6 is 0 Å². The maximum atomic E-state index is 5.50. The van der Waals surface area contributed by atoms with Crippen molar-refractivity contribution >= 4 is 5.96 Å². The van der Waals surface area contributed by atoms with E-state index in [1.807, 2.05) is 12.1 Å². The molecule has 0 saturated heterocycles. The van der Waals surface area contributed by atoms with Crippen LogP contribution in [0.1, 0.15) is 25.3 Å². The molecule has 128 valence electrons. The van der Waals surface area contributed by atoms with E-state index in [9.17, 15) is 0 Å². The Labute approximate surface area is 138 Å². The van der Waals surface area contributed by atoms with Gasteiger partial charge in [0, 0.05) is 18.7 Å². The van der Waals surface area contributed by atoms with Crippen molar-refractivity contribution in [2.45, 2.75) is 26.3 Å². The molecule has 0 heterocycles. The molecule has 23 heavy (non-hydrogen) atoms. The summed E-state index contributed by atoms with van der Waals surface area (Å²) in [5.74, 6) is 3.54. The molecule has 0 unspecified atom stereocenters. The molecule has 6 heteroatoms. The lowest BCUT2D eigenvalue weighted by atomic mass is 10.1. The van der Waals surface area contributed by atoms with Crippen LogP contribution in [0.4, 0.5) is 0 Å². The number of benzene rings is 1. The van der Waals surface area contributed by atoms with E-state index in [0.29, 0.717) is 23.8 Å². The Morgan fingerprint density at radius 1 is 1.09 bits per heavy atom. The molecule has 0 bridgehead atoms. The molecule has 0 aromatic heterocycles. The van der Waals surface area contributed by atoms with Crippen LogP contribution in [-0.2, 0) is 6.54 Å². The number of nitrogens with one attached hydrogen (secondary N) is 2. The highest BCUT2D eigenvalue weighted by Crippen LogP contribution is 2.39. The predicted octanol–water partition coefficient (Wildman–Crippen LogP) is 2.18. The Kier molecular flexibility index (Phi) is 6.38. The zero-order valence-electron chi connectivity index (χ0n) is 14.4. The quantitative estimate of drug-likeness (QED) is 0.567. The maximum Gasteiger partial charge on any atom is 0.203 e. The summed E-state index contributed by atoms with van der Waals surface area (Å²) in [6, 6.07) is 3.82. The van der Waals surface area contributed by atoms with Crippen molar-refractivity contribution in [1.29, 1.82) is 0 Å². The first kappa shape index (κ1) is 17.2. The first-order valence-electron chi connectivity index (χ1n) is 8.03. The van der Waals surface area contributed by atoms with Gasteiger partial charge in [-0.05, 0) is 37.8 Å². The lowest BCUT2D eigenvalue weighted by Gasteiger charge is -2.15. The van der Waals surface area contributed by atoms with Crippen LogP contribution in [0.25, 0.3) is 0 Å². The van der Waals surface area contributed by atoms with Crippen molar-refractivity contribution in [2.75, 3.05) is 34.4 Å². The largest absolute Gasteiger partial charge is 0.493 e. The Hall–Kier alpha value is -2.11. The Balaban J connectivity index is 2.13. The fraction of sp³-hybridized carbons (Fsp3) is 0.588. The van der Waals surface area contributed by atoms with E-state index < -0.39 is 0 Å². The average Bonchev–Trinajstić information content (AvgIpc) is 3.40. The van der Waals surface area contributed by atoms with Gasteiger partial charge in [-0.25, -0.2) is 4.99 Å². The lowest BCUT2D eigenvalue weighted by molar-refractivity contribution is 0.322. The van der Waals surface area contributed by atoms with Crippen molar-refractivity contribution in [3.05, 3.63) is 17.7 Å². The number of hydrogen-bond acceptors (Lipinski definition) is 4. The first-order valence-corrected chi connectivity index (χ1v) is 8.03. The van der Waals surface area contributed by atoms with Gasteiger partial charge in [0.15, 0.2) is 17.5 Å². The maximum absolute atomic E-state index is 5.50. The van der Waals surface area contributed by atoms with Gasteiger partial charge in [-0.1, -0.05) is 0 Å². The topological polar surface area (TPSA) is 64.1 Å². The molecule has 0 radical (unpaired) electrons. The molecule has 1 saturated carbocycles. The number of hydrogen-bond donors (Lipinski definition) is 2. The highest BCUT2D eigenvalue weighted by atomic mass is 16.5. The van der Waals surface area contributed by atoms with Crippen LogP contribution in [0.3, 0.4) is 0 Å². The summed E-state index contributed by atoms with van der Waals surface area (Å²) in [6.45, 7) is 4.38. The van der Waals surface area contributed by atoms with Crippen LogP contribution in [0.15, 0.2) is 17.1 Å². The van der Waals surface area contributed by atoms with Crippen molar-refractivity contribution in [1.82, 2.24) is 10.6 Å². The molecule has 0 aliphatic heterocycles. The molecule has 1 aromatic rings. The van der Waals surface area contributed by atoms with Gasteiger partial charge < -0.3 is 24.8 Å². The second-order valence-electron chi connectivity index (χ2n) is 5.51. The summed E-state index contributed by atoms with van der Waals surface area (Å²) in [6.07, 6.45) is 2.63. The summed E-state index contributed by atoms with van der Waals surface area (Å²) in [5.41, 5.74) is 0.953. The molecule has 1 aromatic carbocycles. The Bertz CT molecular complexity index is 542. The van der Waals surface area contributed by atoms with Crippen molar-refractivity contribution < 1.29 is 14.2 Å². The molecular formula is C17H27N3O3. The fourth-order valence-corrected chi connectivity index (χ4v) is 2.36. The highest BCUT2D eigenvalue weighted by Gasteiger charge is 2.21. The van der Waals surface area contributed by atoms with Crippen LogP contribution in [-0.4, -0.2) is 40.4 Å². The molecule has 6 nitrogen and oxygen atoms in total. The van der Waals surface area contributed by atoms with Crippen LogP contribution in [0.5, 0.6) is 17.2 Å². The second kappa shape index (κ2) is 8.50. The van der Waals surface area contributed by atoms with Crippen LogP contribution < -0.4 is 24.8 Å². The van der Waals surface area contributed by atoms with Gasteiger partial charge in [0.25, 0.3) is 0 Å². The van der Waals surface area contributed by atoms with E-state index in [4.69, 9.17) is 14.2 Å². The van der Waals surface area contributed by atoms with Gasteiger partial charge in [-0.3, -0.25) is 0 Å². The number of nitrogens with zero attached hydrogens (tertiary/aromatic N) is 1. The molecule has 1 aliphatic carbocycles. The van der Waals surface area contributed by atoms with Crippen LogP contribution in [0.2, 0.25) is 0 Å². The zero-order valence-corrected chi connectivity index (χ0v) is 14.4. The van der Waals surface area contributed by atoms with E-state index in [2.05, 4.69) is 22.5 Å². The van der Waals surface area contributed by atoms with E-state index >= 15 is 0 Å². The SMILES string of the molecule is CCNC(=NCc1ccc(OC)c(OC)c1OC)NCC1CC1. The number of guanidine groups is 1. The van der Waals surface area contributed by atoms with E-state index in [1.54, 1.807) is 21.3 Å². The summed E-state index contributed by atoms with van der Waals surface area (Å²) in [4.78, 5) is 4.64. The van der Waals surface area contributed by atoms with Crippen molar-refractivity contribution in [2.24, 2.45) is 10.9 Å². The number of rotatable bonds is 8. The summed E-state index contributed by atoms with van der Waals surface area (Å²) >= 11 is 0. The summed E-state index contributed by atoms with van der Waals surface area (Å²) in [7, 11) is 4.84. The monoisotopic (exact) mass is 321 g/mol. The predicted molar refractivity (Wildman–Crippen MR) is 91.6 cm³/mol. The molecule has 2 rings (SSSR count). The van der Waals surface area contributed by atoms with Crippen LogP contribution in [0, 0.1) is 5.92 Å². The van der Waals surface area contributed by atoms with Gasteiger partial charge in [-0.15, -0.1) is 0 Å². The zero-order chi connectivity index (χ0) is 16.7. The minimum absolute atomic E-state index is 0.503. The lowest BCUT2D eigenvalue weighted by Crippen LogP contribution is -2.38. The second-order valence-corrected chi connectivity index (χ2v) is 5.51. The Morgan fingerprint density at radius 2 is 1.83 bits per heavy atom. The molecule has 1 aliphatic rings. The molecular weight excluding hydrogens is 294 g/mol. The standard InChI is InChI=1S/C17H27N3O3/c1-5-18-17(19-10-12-6-7-12)20-11-13-8-9-14(21-2)16(23-4)15(13)22-3/h8-9,12H,5-7,10-11H2,1-4H3,(H2,18,19,20). The van der Waals surface area contributed by atoms with Crippen molar-refractivity contribution in [3.8, 4) is 17.2 Å². The summed E-state index contributed by atoms with van der Waals surface area (Å²) in [5, 5.41) is 6.65. The molecule has 0 amide bonds. The normalized spacial score (nSPS) is 14.3. The molecule has 1 fully saturated rings. The van der Waals surface area contributed by atoms with E-state index in [1.165, 1.54) is 12.8 Å². The number of ether oxygens (including phenoxy) is 3. The molecule has 0 spiro atoms. The van der Waals surface area contributed by atoms with Gasteiger partial charge >= 0.3 is 0 Å². The third kappa shape index (κ3) is 4.68. The van der Waals surface area contributed by atoms with Crippen molar-refractivity contribution in [3.63, 3.8) is 0 Å². The summed E-state index contributed by atoms with van der Waals surface area (Å²) < 4.78 is 16.2. The third-order valence-corrected chi connectivity index (χ3v) is 3.79. The highest BCUT2D eigenvalue weighted by molar-refractivity contribution is 5.79. The smallest absolute Gasteiger partial charge is 0.203 e. The van der Waals surface area contributed by atoms with Gasteiger partial charge in [-0.2, -0.15) is 0 Å². The Morgan fingerprint density at radius 3 is 2.39 bits per heavy atom. The van der Waals surface area contributed by atoms with Gasteiger partial charge in [0.05, 0.1) is 27.9 Å². The number of methoxy groups -OCH3 is 3. The number of aliphatic imine (C=N–C) groups is 1. The van der Waals surface area contributed by atoms with E-state index in [0.717, 1.165) is 30.5 Å². The van der Waals surface area contributed by atoms with Gasteiger partial charge in [0.1, 0.15) is 0 Å². The molecule has 0 atom stereocenters. The third-order valence-electron chi connectivity index (χ3n) is 3.79. The first-order chi connectivity index (χ1) is 11.2. The van der Waals surface area contributed by atoms with E-state index in [-0.39, 0.29) is 0 Å². The fourth-order valence-electron chi connectivity index (χ4n) is 2.36. The minimum atomic E-state index is 0.503.